The van der Waals surface area contributed by atoms with Crippen molar-refractivity contribution in [2.24, 2.45) is 0 Å². The molecule has 0 unspecified atom stereocenters. The molecule has 0 spiro atoms. The minimum absolute atomic E-state index is 0.131. The Labute approximate surface area is 123 Å². The van der Waals surface area contributed by atoms with Gasteiger partial charge in [0, 0.05) is 5.56 Å². The molecule has 0 saturated heterocycles. The van der Waals surface area contributed by atoms with Gasteiger partial charge >= 0.3 is 5.97 Å². The van der Waals surface area contributed by atoms with Crippen LogP contribution >= 0.6 is 0 Å². The third kappa shape index (κ3) is 4.45. The van der Waals surface area contributed by atoms with E-state index in [-0.39, 0.29) is 18.6 Å². The lowest BCUT2D eigenvalue weighted by atomic mass is 10.2. The fourth-order valence-corrected chi connectivity index (χ4v) is 1.80. The number of hydrogen-bond acceptors (Lipinski definition) is 3. The van der Waals surface area contributed by atoms with Crippen LogP contribution in [0.1, 0.15) is 27.6 Å². The smallest absolute Gasteiger partial charge is 0.338 e. The van der Waals surface area contributed by atoms with Crippen LogP contribution in [-0.4, -0.2) is 24.5 Å². The van der Waals surface area contributed by atoms with Crippen LogP contribution in [0.4, 0.5) is 0 Å². The van der Waals surface area contributed by atoms with Crippen molar-refractivity contribution < 1.29 is 14.3 Å². The van der Waals surface area contributed by atoms with Crippen LogP contribution < -0.4 is 5.32 Å². The van der Waals surface area contributed by atoms with Gasteiger partial charge in [-0.3, -0.25) is 4.79 Å². The molecule has 4 nitrogen and oxygen atoms in total. The topological polar surface area (TPSA) is 55.4 Å². The molecule has 2 aromatic rings. The van der Waals surface area contributed by atoms with Crippen molar-refractivity contribution in [3.63, 3.8) is 0 Å². The maximum absolute atomic E-state index is 11.9. The summed E-state index contributed by atoms with van der Waals surface area (Å²) in [4.78, 5) is 23.7. The predicted octanol–water partition coefficient (Wildman–Crippen LogP) is 2.66. The maximum Gasteiger partial charge on any atom is 0.338 e. The van der Waals surface area contributed by atoms with E-state index in [0.29, 0.717) is 11.1 Å². The van der Waals surface area contributed by atoms with Crippen molar-refractivity contribution in [1.29, 1.82) is 0 Å². The number of ether oxygens (including phenoxy) is 1. The van der Waals surface area contributed by atoms with E-state index in [4.69, 9.17) is 4.74 Å². The van der Waals surface area contributed by atoms with E-state index in [0.717, 1.165) is 0 Å². The van der Waals surface area contributed by atoms with Gasteiger partial charge in [0.1, 0.15) is 6.61 Å². The van der Waals surface area contributed by atoms with Crippen LogP contribution in [0.15, 0.2) is 60.7 Å². The summed E-state index contributed by atoms with van der Waals surface area (Å²) in [6, 6.07) is 17.4. The molecule has 2 rings (SSSR count). The number of carbonyl (C=O) groups excluding carboxylic acids is 2. The number of benzene rings is 2. The molecule has 0 aliphatic heterocycles. The molecule has 1 atom stereocenters. The minimum Gasteiger partial charge on any atom is -0.460 e. The number of amides is 1. The van der Waals surface area contributed by atoms with Crippen LogP contribution in [0.5, 0.6) is 0 Å². The van der Waals surface area contributed by atoms with E-state index in [1.54, 1.807) is 55.5 Å². The molecule has 4 heteroatoms. The highest BCUT2D eigenvalue weighted by atomic mass is 16.5. The molecule has 1 amide bonds. The first kappa shape index (κ1) is 14.8. The number of nitrogens with one attached hydrogen (secondary N) is 1. The highest BCUT2D eigenvalue weighted by Crippen LogP contribution is 2.02. The first-order valence-electron chi connectivity index (χ1n) is 6.75. The normalized spacial score (nSPS) is 11.5. The van der Waals surface area contributed by atoms with Gasteiger partial charge in [0.2, 0.25) is 0 Å². The minimum atomic E-state index is -0.392. The van der Waals surface area contributed by atoms with E-state index in [1.165, 1.54) is 0 Å². The monoisotopic (exact) mass is 283 g/mol. The first-order valence-corrected chi connectivity index (χ1v) is 6.75. The molecule has 0 bridgehead atoms. The van der Waals surface area contributed by atoms with Gasteiger partial charge in [-0.05, 0) is 31.2 Å². The summed E-state index contributed by atoms with van der Waals surface area (Å²) >= 11 is 0. The Morgan fingerprint density at radius 1 is 0.952 bits per heavy atom. The van der Waals surface area contributed by atoms with Crippen molar-refractivity contribution in [2.75, 3.05) is 6.61 Å². The third-order valence-electron chi connectivity index (χ3n) is 2.89. The molecule has 0 fully saturated rings. The van der Waals surface area contributed by atoms with Crippen LogP contribution in [0.2, 0.25) is 0 Å². The van der Waals surface area contributed by atoms with Gasteiger partial charge in [-0.2, -0.15) is 0 Å². The predicted molar refractivity (Wildman–Crippen MR) is 80.1 cm³/mol. The first-order chi connectivity index (χ1) is 10.2. The molecule has 1 N–H and O–H groups in total. The van der Waals surface area contributed by atoms with E-state index >= 15 is 0 Å². The SMILES string of the molecule is C[C@@H](COC(=O)c1ccccc1)NC(=O)c1ccccc1. The average Bonchev–Trinajstić information content (AvgIpc) is 2.54. The van der Waals surface area contributed by atoms with Crippen molar-refractivity contribution in [2.45, 2.75) is 13.0 Å². The zero-order valence-corrected chi connectivity index (χ0v) is 11.8. The van der Waals surface area contributed by atoms with Gasteiger partial charge in [0.05, 0.1) is 11.6 Å². The maximum atomic E-state index is 11.9. The molecule has 0 radical (unpaired) electrons. The van der Waals surface area contributed by atoms with Crippen LogP contribution in [0.3, 0.4) is 0 Å². The average molecular weight is 283 g/mol. The molecule has 21 heavy (non-hydrogen) atoms. The molecule has 0 aliphatic rings. The van der Waals surface area contributed by atoms with Crippen molar-refractivity contribution in [1.82, 2.24) is 5.32 Å². The molecule has 0 aliphatic carbocycles. The third-order valence-corrected chi connectivity index (χ3v) is 2.89. The summed E-state index contributed by atoms with van der Waals surface area (Å²) in [6.45, 7) is 1.92. The second-order valence-corrected chi connectivity index (χ2v) is 4.71. The van der Waals surface area contributed by atoms with E-state index in [2.05, 4.69) is 5.32 Å². The summed E-state index contributed by atoms with van der Waals surface area (Å²) < 4.78 is 5.17. The Morgan fingerprint density at radius 2 is 1.48 bits per heavy atom. The van der Waals surface area contributed by atoms with Gasteiger partial charge in [-0.25, -0.2) is 4.79 Å². The molecule has 0 saturated carbocycles. The lowest BCUT2D eigenvalue weighted by Gasteiger charge is -2.14. The summed E-state index contributed by atoms with van der Waals surface area (Å²) in [7, 11) is 0. The zero-order valence-electron chi connectivity index (χ0n) is 11.8. The molecular formula is C17H17NO3. The van der Waals surface area contributed by atoms with Crippen LogP contribution in [0, 0.1) is 0 Å². The fraction of sp³-hybridized carbons (Fsp3) is 0.176. The second-order valence-electron chi connectivity index (χ2n) is 4.71. The fourth-order valence-electron chi connectivity index (χ4n) is 1.80. The summed E-state index contributed by atoms with van der Waals surface area (Å²) in [5.41, 5.74) is 1.08. The molecule has 108 valence electrons. The van der Waals surface area contributed by atoms with Crippen LogP contribution in [0.25, 0.3) is 0 Å². The summed E-state index contributed by atoms with van der Waals surface area (Å²) in [6.07, 6.45) is 0. The van der Waals surface area contributed by atoms with Crippen molar-refractivity contribution in [3.05, 3.63) is 71.8 Å². The molecule has 0 heterocycles. The van der Waals surface area contributed by atoms with Gasteiger partial charge in [-0.1, -0.05) is 36.4 Å². The van der Waals surface area contributed by atoms with Gasteiger partial charge in [0.15, 0.2) is 0 Å². The highest BCUT2D eigenvalue weighted by Gasteiger charge is 2.12. The second kappa shape index (κ2) is 7.24. The van der Waals surface area contributed by atoms with Crippen molar-refractivity contribution in [3.8, 4) is 0 Å². The number of esters is 1. The van der Waals surface area contributed by atoms with Gasteiger partial charge in [-0.15, -0.1) is 0 Å². The Bertz CT molecular complexity index is 596. The Kier molecular flexibility index (Phi) is 5.10. The van der Waals surface area contributed by atoms with Gasteiger partial charge < -0.3 is 10.1 Å². The van der Waals surface area contributed by atoms with E-state index in [1.807, 2.05) is 12.1 Å². The lowest BCUT2D eigenvalue weighted by molar-refractivity contribution is 0.0465. The number of carbonyl (C=O) groups is 2. The number of rotatable bonds is 5. The van der Waals surface area contributed by atoms with Crippen LogP contribution in [-0.2, 0) is 4.74 Å². The molecular weight excluding hydrogens is 266 g/mol. The lowest BCUT2D eigenvalue weighted by Crippen LogP contribution is -2.36. The summed E-state index contributed by atoms with van der Waals surface area (Å²) in [5, 5.41) is 2.79. The van der Waals surface area contributed by atoms with Crippen molar-refractivity contribution >= 4 is 11.9 Å². The highest BCUT2D eigenvalue weighted by molar-refractivity contribution is 5.94. The van der Waals surface area contributed by atoms with Gasteiger partial charge in [0.25, 0.3) is 5.91 Å². The Hall–Kier alpha value is -2.62. The quantitative estimate of drug-likeness (QED) is 0.858. The molecule has 0 aromatic heterocycles. The van der Waals surface area contributed by atoms with E-state index < -0.39 is 5.97 Å². The van der Waals surface area contributed by atoms with E-state index in [9.17, 15) is 9.59 Å². The molecule has 2 aromatic carbocycles. The standard InChI is InChI=1S/C17H17NO3/c1-13(18-16(19)14-8-4-2-5-9-14)12-21-17(20)15-10-6-3-7-11-15/h2-11,13H,12H2,1H3,(H,18,19)/t13-/m0/s1. The summed E-state index contributed by atoms with van der Waals surface area (Å²) in [5.74, 6) is -0.574. The Balaban J connectivity index is 1.81. The zero-order chi connectivity index (χ0) is 15.1. The number of hydrogen-bond donors (Lipinski definition) is 1. The Morgan fingerprint density at radius 3 is 2.05 bits per heavy atom. The largest absolute Gasteiger partial charge is 0.460 e.